The highest BCUT2D eigenvalue weighted by atomic mass is 35.5. The molecule has 104 valence electrons. The molecule has 0 unspecified atom stereocenters. The van der Waals surface area contributed by atoms with Crippen molar-refractivity contribution in [3.05, 3.63) is 59.1 Å². The lowest BCUT2D eigenvalue weighted by Gasteiger charge is -2.22. The van der Waals surface area contributed by atoms with Crippen LogP contribution in [0.15, 0.2) is 42.7 Å². The molecule has 1 aromatic carbocycles. The van der Waals surface area contributed by atoms with Crippen molar-refractivity contribution in [2.45, 2.75) is 6.54 Å². The van der Waals surface area contributed by atoms with Crippen molar-refractivity contribution in [3.8, 4) is 0 Å². The smallest absolute Gasteiger partial charge is 0.242 e. The number of rotatable bonds is 4. The molecule has 0 N–H and O–H groups in total. The summed E-state index contributed by atoms with van der Waals surface area (Å²) >= 11 is 11.3. The van der Waals surface area contributed by atoms with Crippen molar-refractivity contribution in [1.82, 2.24) is 4.98 Å². The van der Waals surface area contributed by atoms with E-state index in [9.17, 15) is 9.18 Å². The average molecular weight is 313 g/mol. The highest BCUT2D eigenvalue weighted by Gasteiger charge is 2.18. The second-order valence-corrected chi connectivity index (χ2v) is 4.71. The zero-order valence-electron chi connectivity index (χ0n) is 10.4. The summed E-state index contributed by atoms with van der Waals surface area (Å²) < 4.78 is 13.9. The zero-order chi connectivity index (χ0) is 14.5. The van der Waals surface area contributed by atoms with Crippen molar-refractivity contribution in [2.24, 2.45) is 0 Å². The third-order valence-electron chi connectivity index (χ3n) is 2.73. The number of pyridine rings is 1. The lowest BCUT2D eigenvalue weighted by Crippen LogP contribution is -2.31. The van der Waals surface area contributed by atoms with E-state index < -0.39 is 5.82 Å². The Kier molecular flexibility index (Phi) is 4.93. The first-order valence-electron chi connectivity index (χ1n) is 5.82. The van der Waals surface area contributed by atoms with Crippen LogP contribution in [0.3, 0.4) is 0 Å². The van der Waals surface area contributed by atoms with Crippen LogP contribution in [0.25, 0.3) is 0 Å². The second kappa shape index (κ2) is 6.68. The fraction of sp³-hybridized carbons (Fsp3) is 0.143. The number of hydrogen-bond acceptors (Lipinski definition) is 2. The van der Waals surface area contributed by atoms with Crippen molar-refractivity contribution in [2.75, 3.05) is 10.8 Å². The summed E-state index contributed by atoms with van der Waals surface area (Å²) in [6.07, 6.45) is 3.11. The molecule has 2 rings (SSSR count). The van der Waals surface area contributed by atoms with Crippen molar-refractivity contribution < 1.29 is 9.18 Å². The Morgan fingerprint density at radius 3 is 2.75 bits per heavy atom. The summed E-state index contributed by atoms with van der Waals surface area (Å²) in [5.41, 5.74) is 0.873. The minimum Gasteiger partial charge on any atom is -0.305 e. The molecule has 0 bridgehead atoms. The average Bonchev–Trinajstić information content (AvgIpc) is 2.49. The van der Waals surface area contributed by atoms with E-state index in [-0.39, 0.29) is 23.4 Å². The largest absolute Gasteiger partial charge is 0.305 e. The number of nitrogens with zero attached hydrogens (tertiary/aromatic N) is 2. The van der Waals surface area contributed by atoms with Gasteiger partial charge < -0.3 is 4.90 Å². The first-order chi connectivity index (χ1) is 9.63. The molecule has 1 aromatic heterocycles. The number of alkyl halides is 1. The third-order valence-corrected chi connectivity index (χ3v) is 3.25. The Bertz CT molecular complexity index is 607. The molecule has 0 radical (unpaired) electrons. The minimum atomic E-state index is -0.537. The quantitative estimate of drug-likeness (QED) is 0.807. The molecule has 0 aliphatic carbocycles. The van der Waals surface area contributed by atoms with Gasteiger partial charge in [-0.1, -0.05) is 23.7 Å². The normalized spacial score (nSPS) is 10.3. The number of halogens is 3. The molecule has 0 atom stereocenters. The summed E-state index contributed by atoms with van der Waals surface area (Å²) in [6, 6.07) is 8.07. The third kappa shape index (κ3) is 3.26. The molecule has 1 amide bonds. The molecule has 1 heterocycles. The molecule has 6 heteroatoms. The van der Waals surface area contributed by atoms with Gasteiger partial charge in [0.25, 0.3) is 0 Å². The monoisotopic (exact) mass is 312 g/mol. The molecule has 20 heavy (non-hydrogen) atoms. The number of carbonyl (C=O) groups excluding carboxylic acids is 1. The lowest BCUT2D eigenvalue weighted by molar-refractivity contribution is -0.116. The van der Waals surface area contributed by atoms with E-state index in [4.69, 9.17) is 23.2 Å². The first kappa shape index (κ1) is 14.8. The van der Waals surface area contributed by atoms with E-state index in [2.05, 4.69) is 4.98 Å². The minimum absolute atomic E-state index is 0.0203. The van der Waals surface area contributed by atoms with Gasteiger partial charge in [-0.2, -0.15) is 0 Å². The standard InChI is InChI=1S/C14H11Cl2FN2O/c15-7-13(20)19(11-4-2-6-18-8-11)9-10-3-1-5-12(16)14(10)17/h1-6,8H,7,9H2. The second-order valence-electron chi connectivity index (χ2n) is 4.04. The predicted octanol–water partition coefficient (Wildman–Crippen LogP) is 3.65. The Labute approximate surface area is 125 Å². The fourth-order valence-corrected chi connectivity index (χ4v) is 2.09. The van der Waals surface area contributed by atoms with Crippen LogP contribution in [0.4, 0.5) is 10.1 Å². The van der Waals surface area contributed by atoms with Crippen LogP contribution in [-0.4, -0.2) is 16.8 Å². The van der Waals surface area contributed by atoms with E-state index in [0.29, 0.717) is 11.3 Å². The summed E-state index contributed by atoms with van der Waals surface area (Å²) in [4.78, 5) is 17.2. The van der Waals surface area contributed by atoms with E-state index >= 15 is 0 Å². The fourth-order valence-electron chi connectivity index (χ4n) is 1.75. The summed E-state index contributed by atoms with van der Waals surface area (Å²) in [7, 11) is 0. The number of anilines is 1. The predicted molar refractivity (Wildman–Crippen MR) is 77.6 cm³/mol. The van der Waals surface area contributed by atoms with E-state index in [1.165, 1.54) is 17.2 Å². The van der Waals surface area contributed by atoms with Crippen LogP contribution in [0, 0.1) is 5.82 Å². The van der Waals surface area contributed by atoms with E-state index in [1.807, 2.05) is 0 Å². The van der Waals surface area contributed by atoms with E-state index in [0.717, 1.165) is 0 Å². The van der Waals surface area contributed by atoms with Gasteiger partial charge in [0.1, 0.15) is 11.7 Å². The maximum absolute atomic E-state index is 13.9. The molecule has 0 saturated carbocycles. The zero-order valence-corrected chi connectivity index (χ0v) is 11.9. The SMILES string of the molecule is O=C(CCl)N(Cc1cccc(Cl)c1F)c1cccnc1. The van der Waals surface area contributed by atoms with Crippen molar-refractivity contribution in [3.63, 3.8) is 0 Å². The van der Waals surface area contributed by atoms with Gasteiger partial charge in [0.2, 0.25) is 5.91 Å². The van der Waals surface area contributed by atoms with Gasteiger partial charge in [-0.3, -0.25) is 9.78 Å². The van der Waals surface area contributed by atoms with Crippen LogP contribution >= 0.6 is 23.2 Å². The van der Waals surface area contributed by atoms with Gasteiger partial charge in [0.15, 0.2) is 0 Å². The van der Waals surface area contributed by atoms with Gasteiger partial charge in [-0.15, -0.1) is 11.6 Å². The van der Waals surface area contributed by atoms with Crippen LogP contribution in [-0.2, 0) is 11.3 Å². The number of benzene rings is 1. The molecule has 0 aliphatic heterocycles. The maximum Gasteiger partial charge on any atom is 0.242 e. The number of amides is 1. The molecule has 0 spiro atoms. The maximum atomic E-state index is 13.9. The van der Waals surface area contributed by atoms with Crippen molar-refractivity contribution in [1.29, 1.82) is 0 Å². The summed E-state index contributed by atoms with van der Waals surface area (Å²) in [6.45, 7) is 0.0453. The first-order valence-corrected chi connectivity index (χ1v) is 6.74. The Morgan fingerprint density at radius 1 is 1.30 bits per heavy atom. The lowest BCUT2D eigenvalue weighted by atomic mass is 10.2. The number of aromatic nitrogens is 1. The van der Waals surface area contributed by atoms with Gasteiger partial charge in [0.05, 0.1) is 23.5 Å². The molecular weight excluding hydrogens is 302 g/mol. The van der Waals surface area contributed by atoms with Crippen molar-refractivity contribution >= 4 is 34.8 Å². The van der Waals surface area contributed by atoms with E-state index in [1.54, 1.807) is 30.5 Å². The Balaban J connectivity index is 2.34. The molecule has 0 fully saturated rings. The van der Waals surface area contributed by atoms with Crippen LogP contribution in [0.5, 0.6) is 0 Å². The topological polar surface area (TPSA) is 33.2 Å². The molecule has 0 saturated heterocycles. The Hall–Kier alpha value is -1.65. The van der Waals surface area contributed by atoms with Crippen LogP contribution < -0.4 is 4.90 Å². The summed E-state index contributed by atoms with van der Waals surface area (Å²) in [5, 5.41) is 0.0203. The van der Waals surface area contributed by atoms with Gasteiger partial charge in [0, 0.05) is 11.8 Å². The van der Waals surface area contributed by atoms with Gasteiger partial charge in [-0.25, -0.2) is 4.39 Å². The highest BCUT2D eigenvalue weighted by molar-refractivity contribution is 6.31. The Morgan fingerprint density at radius 2 is 2.10 bits per heavy atom. The highest BCUT2D eigenvalue weighted by Crippen LogP contribution is 2.22. The number of hydrogen-bond donors (Lipinski definition) is 0. The molecule has 3 nitrogen and oxygen atoms in total. The molecule has 2 aromatic rings. The summed E-state index contributed by atoms with van der Waals surface area (Å²) in [5.74, 6) is -1.07. The molecule has 0 aliphatic rings. The van der Waals surface area contributed by atoms with Gasteiger partial charge in [-0.05, 0) is 18.2 Å². The van der Waals surface area contributed by atoms with Crippen LogP contribution in [0.2, 0.25) is 5.02 Å². The number of carbonyl (C=O) groups is 1. The van der Waals surface area contributed by atoms with Crippen LogP contribution in [0.1, 0.15) is 5.56 Å². The molecular formula is C14H11Cl2FN2O. The van der Waals surface area contributed by atoms with Gasteiger partial charge >= 0.3 is 0 Å².